The monoisotopic (exact) mass is 247 g/mol. The second-order valence-corrected chi connectivity index (χ2v) is 3.86. The summed E-state index contributed by atoms with van der Waals surface area (Å²) in [4.78, 5) is 0. The topological polar surface area (TPSA) is 20.2 Å². The Morgan fingerprint density at radius 1 is 1.14 bits per heavy atom. The van der Waals surface area contributed by atoms with Crippen LogP contribution in [0.4, 0.5) is 0 Å². The Kier molecular flexibility index (Phi) is 2.55. The third-order valence-corrected chi connectivity index (χ3v) is 2.46. The number of aromatic hydroxyl groups is 1. The maximum Gasteiger partial charge on any atom is 0.131 e. The fourth-order valence-corrected chi connectivity index (χ4v) is 1.72. The molecule has 2 aromatic rings. The highest BCUT2D eigenvalue weighted by molar-refractivity contribution is 9.10. The second-order valence-electron chi connectivity index (χ2n) is 2.94. The molecule has 2 heteroatoms. The van der Waals surface area contributed by atoms with Crippen molar-refractivity contribution in [2.75, 3.05) is 0 Å². The molecule has 0 aliphatic heterocycles. The Balaban J connectivity index is 2.55. The molecule has 2 rings (SSSR count). The predicted molar refractivity (Wildman–Crippen MR) is 60.1 cm³/mol. The quantitative estimate of drug-likeness (QED) is 0.817. The van der Waals surface area contributed by atoms with E-state index in [1.54, 1.807) is 6.07 Å². The minimum absolute atomic E-state index is 0.186. The maximum atomic E-state index is 9.58. The molecular weight excluding hydrogens is 240 g/mol. The highest BCUT2D eigenvalue weighted by Crippen LogP contribution is 2.29. The van der Waals surface area contributed by atoms with Gasteiger partial charge in [-0.25, -0.2) is 0 Å². The average molecular weight is 248 g/mol. The van der Waals surface area contributed by atoms with Crippen molar-refractivity contribution >= 4 is 15.9 Å². The fourth-order valence-electron chi connectivity index (χ4n) is 1.32. The summed E-state index contributed by atoms with van der Waals surface area (Å²) >= 11 is 3.39. The normalized spacial score (nSPS) is 10.1. The van der Waals surface area contributed by atoms with E-state index in [9.17, 15) is 5.11 Å². The Hall–Kier alpha value is -1.28. The van der Waals surface area contributed by atoms with Gasteiger partial charge in [0.15, 0.2) is 0 Å². The van der Waals surface area contributed by atoms with Gasteiger partial charge in [-0.15, -0.1) is 0 Å². The molecule has 0 aromatic heterocycles. The summed E-state index contributed by atoms with van der Waals surface area (Å²) < 4.78 is 0.998. The van der Waals surface area contributed by atoms with E-state index in [-0.39, 0.29) is 5.75 Å². The second kappa shape index (κ2) is 3.84. The SMILES string of the molecule is Oc1[c]cccc1-c1cccc(Br)c1. The first-order chi connectivity index (χ1) is 6.77. The number of benzene rings is 2. The van der Waals surface area contributed by atoms with Gasteiger partial charge < -0.3 is 5.11 Å². The fraction of sp³-hybridized carbons (Fsp3) is 0. The Morgan fingerprint density at radius 3 is 2.71 bits per heavy atom. The van der Waals surface area contributed by atoms with Crippen LogP contribution in [0.15, 0.2) is 46.9 Å². The smallest absolute Gasteiger partial charge is 0.131 e. The van der Waals surface area contributed by atoms with Crippen molar-refractivity contribution in [3.05, 3.63) is 53.0 Å². The number of rotatable bonds is 1. The molecule has 1 radical (unpaired) electrons. The molecule has 0 atom stereocenters. The lowest BCUT2D eigenvalue weighted by molar-refractivity contribution is 0.476. The van der Waals surface area contributed by atoms with E-state index >= 15 is 0 Å². The highest BCUT2D eigenvalue weighted by Gasteiger charge is 2.02. The van der Waals surface area contributed by atoms with Gasteiger partial charge in [-0.2, -0.15) is 0 Å². The van der Waals surface area contributed by atoms with Crippen LogP contribution in [-0.4, -0.2) is 5.11 Å². The van der Waals surface area contributed by atoms with E-state index in [1.165, 1.54) is 0 Å². The minimum Gasteiger partial charge on any atom is -0.507 e. The van der Waals surface area contributed by atoms with Crippen molar-refractivity contribution in [3.63, 3.8) is 0 Å². The summed E-state index contributed by atoms with van der Waals surface area (Å²) in [5, 5.41) is 9.58. The van der Waals surface area contributed by atoms with Crippen LogP contribution in [0.1, 0.15) is 0 Å². The standard InChI is InChI=1S/C12H8BrO/c13-10-5-3-4-9(8-10)11-6-1-2-7-12(11)14/h1-6,8,14H. The zero-order valence-electron chi connectivity index (χ0n) is 7.37. The molecule has 1 nitrogen and oxygen atoms in total. The molecule has 2 aromatic carbocycles. The van der Waals surface area contributed by atoms with Gasteiger partial charge in [0.1, 0.15) is 5.75 Å². The first-order valence-electron chi connectivity index (χ1n) is 4.23. The van der Waals surface area contributed by atoms with Crippen molar-refractivity contribution in [2.24, 2.45) is 0 Å². The van der Waals surface area contributed by atoms with Crippen molar-refractivity contribution in [1.82, 2.24) is 0 Å². The number of halogens is 1. The molecule has 0 aliphatic carbocycles. The van der Waals surface area contributed by atoms with Crippen LogP contribution in [0.3, 0.4) is 0 Å². The van der Waals surface area contributed by atoms with Crippen LogP contribution in [0.5, 0.6) is 5.75 Å². The first kappa shape index (κ1) is 9.28. The summed E-state index contributed by atoms with van der Waals surface area (Å²) in [6, 6.07) is 16.0. The van der Waals surface area contributed by atoms with Crippen LogP contribution in [0, 0.1) is 6.07 Å². The van der Waals surface area contributed by atoms with E-state index in [0.29, 0.717) is 0 Å². The molecule has 0 unspecified atom stereocenters. The third kappa shape index (κ3) is 1.80. The number of phenols is 1. The molecule has 0 amide bonds. The van der Waals surface area contributed by atoms with E-state index in [0.717, 1.165) is 15.6 Å². The van der Waals surface area contributed by atoms with Crippen molar-refractivity contribution in [2.45, 2.75) is 0 Å². The molecule has 1 N–H and O–H groups in total. The maximum absolute atomic E-state index is 9.58. The highest BCUT2D eigenvalue weighted by atomic mass is 79.9. The van der Waals surface area contributed by atoms with Gasteiger partial charge in [-0.05, 0) is 17.7 Å². The van der Waals surface area contributed by atoms with Gasteiger partial charge in [0, 0.05) is 16.1 Å². The molecule has 0 aliphatic rings. The lowest BCUT2D eigenvalue weighted by Crippen LogP contribution is -1.78. The van der Waals surface area contributed by atoms with Crippen LogP contribution < -0.4 is 0 Å². The molecule has 14 heavy (non-hydrogen) atoms. The van der Waals surface area contributed by atoms with Crippen molar-refractivity contribution in [3.8, 4) is 16.9 Å². The van der Waals surface area contributed by atoms with E-state index in [2.05, 4.69) is 22.0 Å². The van der Waals surface area contributed by atoms with Crippen molar-refractivity contribution < 1.29 is 5.11 Å². The Morgan fingerprint density at radius 2 is 2.00 bits per heavy atom. The molecule has 0 bridgehead atoms. The largest absolute Gasteiger partial charge is 0.507 e. The number of hydrogen-bond donors (Lipinski definition) is 1. The summed E-state index contributed by atoms with van der Waals surface area (Å²) in [7, 11) is 0. The zero-order valence-corrected chi connectivity index (χ0v) is 8.95. The van der Waals surface area contributed by atoms with E-state index < -0.39 is 0 Å². The third-order valence-electron chi connectivity index (χ3n) is 1.97. The summed E-state index contributed by atoms with van der Waals surface area (Å²) in [5.41, 5.74) is 1.78. The van der Waals surface area contributed by atoms with Gasteiger partial charge in [-0.1, -0.05) is 46.3 Å². The lowest BCUT2D eigenvalue weighted by Gasteiger charge is -2.03. The summed E-state index contributed by atoms with van der Waals surface area (Å²) in [5.74, 6) is 0.186. The molecule has 0 saturated heterocycles. The van der Waals surface area contributed by atoms with Crippen LogP contribution in [0.25, 0.3) is 11.1 Å². The zero-order chi connectivity index (χ0) is 9.97. The van der Waals surface area contributed by atoms with Gasteiger partial charge >= 0.3 is 0 Å². The van der Waals surface area contributed by atoms with Crippen molar-refractivity contribution in [1.29, 1.82) is 0 Å². The summed E-state index contributed by atoms with van der Waals surface area (Å²) in [6.07, 6.45) is 0. The van der Waals surface area contributed by atoms with Gasteiger partial charge in [-0.3, -0.25) is 0 Å². The van der Waals surface area contributed by atoms with Gasteiger partial charge in [0.25, 0.3) is 0 Å². The minimum atomic E-state index is 0.186. The Labute approximate surface area is 91.2 Å². The van der Waals surface area contributed by atoms with Crippen LogP contribution in [-0.2, 0) is 0 Å². The van der Waals surface area contributed by atoms with Gasteiger partial charge in [0.2, 0.25) is 0 Å². The Bertz CT molecular complexity index is 452. The molecule has 0 saturated carbocycles. The molecular formula is C12H8BrO. The van der Waals surface area contributed by atoms with Crippen LogP contribution in [0.2, 0.25) is 0 Å². The molecule has 0 spiro atoms. The number of phenolic OH excluding ortho intramolecular Hbond substituents is 1. The molecule has 0 fully saturated rings. The number of hydrogen-bond acceptors (Lipinski definition) is 1. The van der Waals surface area contributed by atoms with Gasteiger partial charge in [0.05, 0.1) is 0 Å². The van der Waals surface area contributed by atoms with E-state index in [4.69, 9.17) is 0 Å². The molecule has 0 heterocycles. The lowest BCUT2D eigenvalue weighted by atomic mass is 10.1. The molecule has 69 valence electrons. The number of para-hydroxylation sites is 1. The summed E-state index contributed by atoms with van der Waals surface area (Å²) in [6.45, 7) is 0. The van der Waals surface area contributed by atoms with Crippen LogP contribution >= 0.6 is 15.9 Å². The predicted octanol–water partition coefficient (Wildman–Crippen LogP) is 3.62. The average Bonchev–Trinajstić information content (AvgIpc) is 2.18. The first-order valence-corrected chi connectivity index (χ1v) is 5.02. The van der Waals surface area contributed by atoms with E-state index in [1.807, 2.05) is 36.4 Å².